The Morgan fingerprint density at radius 2 is 1.67 bits per heavy atom. The molecule has 1 aromatic carbocycles. The molecule has 3 heterocycles. The van der Waals surface area contributed by atoms with Gasteiger partial charge in [0, 0.05) is 49.8 Å². The molecule has 1 saturated heterocycles. The first-order chi connectivity index (χ1) is 14.7. The summed E-state index contributed by atoms with van der Waals surface area (Å²) in [6.07, 6.45) is 2.06. The van der Waals surface area contributed by atoms with Gasteiger partial charge in [-0.3, -0.25) is 0 Å². The van der Waals surface area contributed by atoms with Crippen molar-refractivity contribution in [2.45, 2.75) is 6.54 Å². The number of piperazine rings is 1. The summed E-state index contributed by atoms with van der Waals surface area (Å²) in [4.78, 5) is 9.64. The fraction of sp³-hybridized carbons (Fsp3) is 0.348. The number of aromatic nitrogens is 2. The molecule has 0 saturated carbocycles. The number of hydrogen-bond donors (Lipinski definition) is 1. The number of rotatable bonds is 7. The van der Waals surface area contributed by atoms with Gasteiger partial charge in [0.1, 0.15) is 11.6 Å². The van der Waals surface area contributed by atoms with Crippen LogP contribution < -0.4 is 19.7 Å². The van der Waals surface area contributed by atoms with E-state index in [1.165, 1.54) is 0 Å². The van der Waals surface area contributed by atoms with Crippen molar-refractivity contribution in [2.75, 3.05) is 57.7 Å². The predicted octanol–water partition coefficient (Wildman–Crippen LogP) is 3.25. The number of methoxy groups -OCH3 is 2. The lowest BCUT2D eigenvalue weighted by molar-refractivity contribution is 0.312. The van der Waals surface area contributed by atoms with Crippen molar-refractivity contribution in [2.24, 2.45) is 0 Å². The molecule has 30 heavy (non-hydrogen) atoms. The van der Waals surface area contributed by atoms with Gasteiger partial charge in [-0.2, -0.15) is 0 Å². The van der Waals surface area contributed by atoms with Gasteiger partial charge in [-0.25, -0.2) is 4.98 Å². The average molecular weight is 408 g/mol. The first-order valence-corrected chi connectivity index (χ1v) is 10.2. The van der Waals surface area contributed by atoms with Crippen molar-refractivity contribution in [3.8, 4) is 17.3 Å². The molecule has 0 unspecified atom stereocenters. The minimum absolute atomic E-state index is 0.670. The number of anilines is 2. The Kier molecular flexibility index (Phi) is 6.09. The molecule has 0 atom stereocenters. The molecule has 7 nitrogen and oxygen atoms in total. The summed E-state index contributed by atoms with van der Waals surface area (Å²) < 4.78 is 12.8. The molecule has 0 radical (unpaired) electrons. The zero-order valence-corrected chi connectivity index (χ0v) is 17.8. The number of hydrogen-bond acceptors (Lipinski definition) is 6. The van der Waals surface area contributed by atoms with E-state index in [1.54, 1.807) is 14.2 Å². The maximum absolute atomic E-state index is 5.40. The highest BCUT2D eigenvalue weighted by atomic mass is 16.5. The highest BCUT2D eigenvalue weighted by molar-refractivity contribution is 5.55. The Bertz CT molecular complexity index is 979. The molecule has 3 aromatic rings. The van der Waals surface area contributed by atoms with Crippen LogP contribution in [0.3, 0.4) is 0 Å². The van der Waals surface area contributed by atoms with Crippen LogP contribution in [0.1, 0.15) is 5.69 Å². The van der Waals surface area contributed by atoms with E-state index < -0.39 is 0 Å². The van der Waals surface area contributed by atoms with Crippen LogP contribution in [-0.2, 0) is 6.54 Å². The zero-order chi connectivity index (χ0) is 20.9. The van der Waals surface area contributed by atoms with Gasteiger partial charge >= 0.3 is 0 Å². The zero-order valence-electron chi connectivity index (χ0n) is 17.8. The van der Waals surface area contributed by atoms with Crippen LogP contribution >= 0.6 is 0 Å². The number of ether oxygens (including phenoxy) is 2. The van der Waals surface area contributed by atoms with Crippen molar-refractivity contribution in [3.05, 3.63) is 60.4 Å². The van der Waals surface area contributed by atoms with E-state index in [0.717, 1.165) is 54.9 Å². The lowest BCUT2D eigenvalue weighted by atomic mass is 10.2. The number of nitrogens with one attached hydrogen (secondary N) is 1. The van der Waals surface area contributed by atoms with E-state index in [0.29, 0.717) is 12.3 Å². The molecule has 1 aliphatic heterocycles. The van der Waals surface area contributed by atoms with E-state index in [4.69, 9.17) is 14.5 Å². The molecule has 0 aliphatic carbocycles. The van der Waals surface area contributed by atoms with Crippen LogP contribution in [-0.4, -0.2) is 61.9 Å². The molecule has 1 fully saturated rings. The molecule has 158 valence electrons. The molecule has 4 rings (SSSR count). The normalized spacial score (nSPS) is 14.6. The summed E-state index contributed by atoms with van der Waals surface area (Å²) in [7, 11) is 5.45. The van der Waals surface area contributed by atoms with Crippen molar-refractivity contribution < 1.29 is 9.47 Å². The number of benzene rings is 1. The van der Waals surface area contributed by atoms with Gasteiger partial charge in [0.25, 0.3) is 0 Å². The molecule has 2 aromatic heterocycles. The smallest absolute Gasteiger partial charge is 0.162 e. The fourth-order valence-corrected chi connectivity index (χ4v) is 3.68. The maximum Gasteiger partial charge on any atom is 0.162 e. The van der Waals surface area contributed by atoms with E-state index in [2.05, 4.69) is 63.3 Å². The Morgan fingerprint density at radius 1 is 0.900 bits per heavy atom. The summed E-state index contributed by atoms with van der Waals surface area (Å²) in [5, 5.41) is 3.47. The Hall–Kier alpha value is -3.19. The minimum Gasteiger partial charge on any atom is -0.493 e. The summed E-state index contributed by atoms with van der Waals surface area (Å²) in [5.74, 6) is 3.39. The van der Waals surface area contributed by atoms with E-state index in [1.807, 2.05) is 18.2 Å². The van der Waals surface area contributed by atoms with E-state index in [-0.39, 0.29) is 0 Å². The van der Waals surface area contributed by atoms with Crippen molar-refractivity contribution >= 4 is 11.5 Å². The molecule has 1 N–H and O–H groups in total. The second-order valence-electron chi connectivity index (χ2n) is 7.44. The van der Waals surface area contributed by atoms with Crippen LogP contribution in [0.2, 0.25) is 0 Å². The van der Waals surface area contributed by atoms with Crippen LogP contribution in [0.25, 0.3) is 5.82 Å². The first kappa shape index (κ1) is 20.1. The van der Waals surface area contributed by atoms with E-state index >= 15 is 0 Å². The van der Waals surface area contributed by atoms with Gasteiger partial charge in [-0.15, -0.1) is 0 Å². The van der Waals surface area contributed by atoms with Crippen LogP contribution in [0.5, 0.6) is 11.5 Å². The summed E-state index contributed by atoms with van der Waals surface area (Å²) in [5.41, 5.74) is 2.10. The average Bonchev–Trinajstić information content (AvgIpc) is 3.26. The van der Waals surface area contributed by atoms with Gasteiger partial charge in [0.15, 0.2) is 11.5 Å². The van der Waals surface area contributed by atoms with Crippen molar-refractivity contribution in [3.63, 3.8) is 0 Å². The topological polar surface area (TPSA) is 54.8 Å². The molecule has 1 aliphatic rings. The molecular weight excluding hydrogens is 378 g/mol. The summed E-state index contributed by atoms with van der Waals surface area (Å²) in [6.45, 7) is 4.81. The minimum atomic E-state index is 0.670. The highest BCUT2D eigenvalue weighted by Gasteiger charge is 2.16. The SMILES string of the molecule is COc1ccc(NCc2cccn2-c2cccc(N3CCN(C)CC3)n2)cc1OC. The fourth-order valence-electron chi connectivity index (χ4n) is 3.68. The highest BCUT2D eigenvalue weighted by Crippen LogP contribution is 2.30. The second kappa shape index (κ2) is 9.09. The second-order valence-corrected chi connectivity index (χ2v) is 7.44. The third-order valence-corrected chi connectivity index (χ3v) is 5.48. The van der Waals surface area contributed by atoms with Gasteiger partial charge < -0.3 is 29.2 Å². The molecule has 7 heteroatoms. The Balaban J connectivity index is 1.49. The third kappa shape index (κ3) is 4.36. The van der Waals surface area contributed by atoms with Crippen molar-refractivity contribution in [1.82, 2.24) is 14.5 Å². The molecular formula is C23H29N5O2. The number of likely N-dealkylation sites (N-methyl/N-ethyl adjacent to an activating group) is 1. The monoisotopic (exact) mass is 407 g/mol. The van der Waals surface area contributed by atoms with Crippen LogP contribution in [0, 0.1) is 0 Å². The van der Waals surface area contributed by atoms with Gasteiger partial charge in [-0.1, -0.05) is 6.07 Å². The molecule has 0 amide bonds. The lowest BCUT2D eigenvalue weighted by Crippen LogP contribution is -2.44. The third-order valence-electron chi connectivity index (χ3n) is 5.48. The standard InChI is InChI=1S/C23H29N5O2/c1-26-12-14-27(15-13-26)22-7-4-8-23(25-22)28-11-5-6-19(28)17-24-18-9-10-20(29-2)21(16-18)30-3/h4-11,16,24H,12-15,17H2,1-3H3. The van der Waals surface area contributed by atoms with Crippen LogP contribution in [0.15, 0.2) is 54.7 Å². The largest absolute Gasteiger partial charge is 0.493 e. The van der Waals surface area contributed by atoms with Gasteiger partial charge in [0.05, 0.1) is 20.8 Å². The maximum atomic E-state index is 5.40. The lowest BCUT2D eigenvalue weighted by Gasteiger charge is -2.33. The number of pyridine rings is 1. The van der Waals surface area contributed by atoms with Gasteiger partial charge in [0.2, 0.25) is 0 Å². The van der Waals surface area contributed by atoms with Gasteiger partial charge in [-0.05, 0) is 43.4 Å². The Labute approximate surface area is 177 Å². The first-order valence-electron chi connectivity index (χ1n) is 10.2. The van der Waals surface area contributed by atoms with E-state index in [9.17, 15) is 0 Å². The Morgan fingerprint density at radius 3 is 2.43 bits per heavy atom. The number of nitrogens with zero attached hydrogens (tertiary/aromatic N) is 4. The predicted molar refractivity (Wildman–Crippen MR) is 120 cm³/mol. The summed E-state index contributed by atoms with van der Waals surface area (Å²) in [6, 6.07) is 16.2. The van der Waals surface area contributed by atoms with Crippen molar-refractivity contribution in [1.29, 1.82) is 0 Å². The quantitative estimate of drug-likeness (QED) is 0.649. The van der Waals surface area contributed by atoms with Crippen LogP contribution in [0.4, 0.5) is 11.5 Å². The molecule has 0 bridgehead atoms. The molecule has 0 spiro atoms. The summed E-state index contributed by atoms with van der Waals surface area (Å²) >= 11 is 0.